The second kappa shape index (κ2) is 5.31. The van der Waals surface area contributed by atoms with Crippen LogP contribution < -0.4 is 5.32 Å². The van der Waals surface area contributed by atoms with E-state index in [1.807, 2.05) is 45.0 Å². The second-order valence-electron chi connectivity index (χ2n) is 4.37. The van der Waals surface area contributed by atoms with Crippen LogP contribution in [0.2, 0.25) is 0 Å². The molecule has 0 saturated carbocycles. The molecule has 1 heterocycles. The Balaban J connectivity index is 2.01. The summed E-state index contributed by atoms with van der Waals surface area (Å²) in [5.74, 6) is -0.0191. The Hall–Kier alpha value is -1.68. The van der Waals surface area contributed by atoms with Crippen LogP contribution in [-0.2, 0) is 11.2 Å². The standard InChI is InChI=1S/C14H16N2OS/c1-9-5-4-6-12(7-9)8-13(17)16-14-15-10(2)11(3)18-14/h4-7H,8H2,1-3H3,(H,15,16,17). The lowest BCUT2D eigenvalue weighted by atomic mass is 10.1. The molecule has 0 bridgehead atoms. The first-order chi connectivity index (χ1) is 8.54. The minimum absolute atomic E-state index is 0.0191. The average molecular weight is 260 g/mol. The Morgan fingerprint density at radius 2 is 2.11 bits per heavy atom. The van der Waals surface area contributed by atoms with Crippen LogP contribution in [0.15, 0.2) is 24.3 Å². The van der Waals surface area contributed by atoms with Crippen molar-refractivity contribution in [1.29, 1.82) is 0 Å². The van der Waals surface area contributed by atoms with E-state index in [9.17, 15) is 4.79 Å². The summed E-state index contributed by atoms with van der Waals surface area (Å²) < 4.78 is 0. The Bertz CT molecular complexity index is 555. The zero-order valence-corrected chi connectivity index (χ0v) is 11.6. The number of carbonyl (C=O) groups is 1. The van der Waals surface area contributed by atoms with Crippen LogP contribution >= 0.6 is 11.3 Å². The quantitative estimate of drug-likeness (QED) is 0.920. The van der Waals surface area contributed by atoms with E-state index in [2.05, 4.69) is 10.3 Å². The number of amides is 1. The number of aryl methyl sites for hydroxylation is 3. The Kier molecular flexibility index (Phi) is 3.77. The fraction of sp³-hybridized carbons (Fsp3) is 0.286. The van der Waals surface area contributed by atoms with Crippen LogP contribution in [-0.4, -0.2) is 10.9 Å². The van der Waals surface area contributed by atoms with Crippen LogP contribution in [0.4, 0.5) is 5.13 Å². The molecule has 0 aliphatic rings. The lowest BCUT2D eigenvalue weighted by Crippen LogP contribution is -2.14. The van der Waals surface area contributed by atoms with Gasteiger partial charge in [0.1, 0.15) is 0 Å². The number of carbonyl (C=O) groups excluding carboxylic acids is 1. The third-order valence-electron chi connectivity index (χ3n) is 2.72. The maximum Gasteiger partial charge on any atom is 0.230 e. The predicted octanol–water partition coefficient (Wildman–Crippen LogP) is 3.25. The molecule has 0 atom stereocenters. The third kappa shape index (κ3) is 3.17. The summed E-state index contributed by atoms with van der Waals surface area (Å²) in [4.78, 5) is 17.3. The van der Waals surface area contributed by atoms with Gasteiger partial charge in [0.15, 0.2) is 5.13 Å². The Morgan fingerprint density at radius 3 is 2.72 bits per heavy atom. The van der Waals surface area contributed by atoms with Crippen molar-refractivity contribution in [3.05, 3.63) is 46.0 Å². The van der Waals surface area contributed by atoms with E-state index in [0.717, 1.165) is 16.1 Å². The Labute approximate surface area is 111 Å². The molecule has 0 spiro atoms. The summed E-state index contributed by atoms with van der Waals surface area (Å²) >= 11 is 1.51. The van der Waals surface area contributed by atoms with E-state index in [1.54, 1.807) is 0 Å². The largest absolute Gasteiger partial charge is 0.302 e. The van der Waals surface area contributed by atoms with Crippen molar-refractivity contribution in [3.63, 3.8) is 0 Å². The summed E-state index contributed by atoms with van der Waals surface area (Å²) in [6.07, 6.45) is 0.388. The number of aromatic nitrogens is 1. The number of hydrogen-bond acceptors (Lipinski definition) is 3. The molecule has 1 aromatic carbocycles. The van der Waals surface area contributed by atoms with E-state index < -0.39 is 0 Å². The number of thiazole rings is 1. The molecule has 0 fully saturated rings. The molecule has 0 aliphatic carbocycles. The molecule has 0 saturated heterocycles. The number of nitrogens with zero attached hydrogens (tertiary/aromatic N) is 1. The minimum Gasteiger partial charge on any atom is -0.302 e. The van der Waals surface area contributed by atoms with Crippen LogP contribution in [0.25, 0.3) is 0 Å². The van der Waals surface area contributed by atoms with Gasteiger partial charge in [0.2, 0.25) is 5.91 Å². The summed E-state index contributed by atoms with van der Waals surface area (Å²) in [5.41, 5.74) is 3.17. The maximum absolute atomic E-state index is 11.9. The van der Waals surface area contributed by atoms with Gasteiger partial charge < -0.3 is 5.32 Å². The van der Waals surface area contributed by atoms with Gasteiger partial charge in [-0.1, -0.05) is 29.8 Å². The lowest BCUT2D eigenvalue weighted by Gasteiger charge is -2.02. The molecule has 2 aromatic rings. The average Bonchev–Trinajstić information content (AvgIpc) is 2.57. The van der Waals surface area contributed by atoms with Gasteiger partial charge in [-0.15, -0.1) is 11.3 Å². The molecular weight excluding hydrogens is 244 g/mol. The summed E-state index contributed by atoms with van der Waals surface area (Å²) in [5, 5.41) is 3.52. The van der Waals surface area contributed by atoms with Crippen LogP contribution in [0.1, 0.15) is 21.7 Å². The topological polar surface area (TPSA) is 42.0 Å². The van der Waals surface area contributed by atoms with Crippen molar-refractivity contribution in [2.24, 2.45) is 0 Å². The fourth-order valence-electron chi connectivity index (χ4n) is 1.70. The molecule has 0 unspecified atom stereocenters. The zero-order chi connectivity index (χ0) is 13.1. The van der Waals surface area contributed by atoms with E-state index in [1.165, 1.54) is 16.9 Å². The first-order valence-corrected chi connectivity index (χ1v) is 6.65. The molecule has 18 heavy (non-hydrogen) atoms. The van der Waals surface area contributed by atoms with E-state index in [0.29, 0.717) is 11.6 Å². The minimum atomic E-state index is -0.0191. The van der Waals surface area contributed by atoms with E-state index in [-0.39, 0.29) is 5.91 Å². The fourth-order valence-corrected chi connectivity index (χ4v) is 2.53. The first kappa shape index (κ1) is 12.8. The molecule has 1 amide bonds. The highest BCUT2D eigenvalue weighted by molar-refractivity contribution is 7.15. The van der Waals surface area contributed by atoms with Crippen molar-refractivity contribution in [2.75, 3.05) is 5.32 Å². The molecule has 0 aliphatic heterocycles. The van der Waals surface area contributed by atoms with Crippen molar-refractivity contribution < 1.29 is 4.79 Å². The van der Waals surface area contributed by atoms with Gasteiger partial charge in [-0.25, -0.2) is 4.98 Å². The number of hydrogen-bond donors (Lipinski definition) is 1. The van der Waals surface area contributed by atoms with Crippen LogP contribution in [0.3, 0.4) is 0 Å². The third-order valence-corrected chi connectivity index (χ3v) is 3.71. The number of nitrogens with one attached hydrogen (secondary N) is 1. The van der Waals surface area contributed by atoms with Gasteiger partial charge in [0.25, 0.3) is 0 Å². The van der Waals surface area contributed by atoms with Crippen molar-refractivity contribution >= 4 is 22.4 Å². The molecule has 94 valence electrons. The first-order valence-electron chi connectivity index (χ1n) is 5.84. The SMILES string of the molecule is Cc1cccc(CC(=O)Nc2nc(C)c(C)s2)c1. The highest BCUT2D eigenvalue weighted by atomic mass is 32.1. The molecule has 4 heteroatoms. The van der Waals surface area contributed by atoms with Crippen molar-refractivity contribution in [1.82, 2.24) is 4.98 Å². The van der Waals surface area contributed by atoms with Crippen LogP contribution in [0.5, 0.6) is 0 Å². The lowest BCUT2D eigenvalue weighted by molar-refractivity contribution is -0.115. The molecular formula is C14H16N2OS. The zero-order valence-electron chi connectivity index (χ0n) is 10.8. The summed E-state index contributed by atoms with van der Waals surface area (Å²) in [6, 6.07) is 7.98. The van der Waals surface area contributed by atoms with Crippen LogP contribution in [0, 0.1) is 20.8 Å². The van der Waals surface area contributed by atoms with Gasteiger partial charge in [0.05, 0.1) is 12.1 Å². The van der Waals surface area contributed by atoms with E-state index in [4.69, 9.17) is 0 Å². The summed E-state index contributed by atoms with van der Waals surface area (Å²) in [6.45, 7) is 5.97. The van der Waals surface area contributed by atoms with Crippen molar-refractivity contribution in [3.8, 4) is 0 Å². The molecule has 2 rings (SSSR count). The van der Waals surface area contributed by atoms with Gasteiger partial charge in [-0.2, -0.15) is 0 Å². The van der Waals surface area contributed by atoms with E-state index >= 15 is 0 Å². The predicted molar refractivity (Wildman–Crippen MR) is 75.1 cm³/mol. The van der Waals surface area contributed by atoms with Gasteiger partial charge in [-0.05, 0) is 26.3 Å². The highest BCUT2D eigenvalue weighted by Gasteiger charge is 2.08. The summed E-state index contributed by atoms with van der Waals surface area (Å²) in [7, 11) is 0. The number of anilines is 1. The smallest absolute Gasteiger partial charge is 0.230 e. The van der Waals surface area contributed by atoms with Crippen molar-refractivity contribution in [2.45, 2.75) is 27.2 Å². The number of rotatable bonds is 3. The molecule has 1 N–H and O–H groups in total. The second-order valence-corrected chi connectivity index (χ2v) is 5.58. The molecule has 3 nitrogen and oxygen atoms in total. The number of benzene rings is 1. The van der Waals surface area contributed by atoms with Gasteiger partial charge >= 0.3 is 0 Å². The normalized spacial score (nSPS) is 10.4. The molecule has 0 radical (unpaired) electrons. The highest BCUT2D eigenvalue weighted by Crippen LogP contribution is 2.21. The molecule has 1 aromatic heterocycles. The maximum atomic E-state index is 11.9. The van der Waals surface area contributed by atoms with Gasteiger partial charge in [-0.3, -0.25) is 4.79 Å². The monoisotopic (exact) mass is 260 g/mol. The van der Waals surface area contributed by atoms with Gasteiger partial charge in [0, 0.05) is 4.88 Å². The Morgan fingerprint density at radius 1 is 1.33 bits per heavy atom.